The molecule has 0 radical (unpaired) electrons. The largest absolute Gasteiger partial charge is 0.384 e. The molecular formula is C16H23N5O2S. The average Bonchev–Trinajstić information content (AvgIpc) is 3.23. The fraction of sp³-hybridized carbons (Fsp3) is 0.562. The number of carbonyl (C=O) groups excluding carboxylic acids is 1. The Morgan fingerprint density at radius 3 is 3.12 bits per heavy atom. The minimum absolute atomic E-state index is 0.141. The molecule has 2 aromatic heterocycles. The Hall–Kier alpha value is -1.93. The first kappa shape index (κ1) is 16.9. The molecule has 3 rings (SSSR count). The van der Waals surface area contributed by atoms with Crippen molar-refractivity contribution < 1.29 is 9.90 Å². The van der Waals surface area contributed by atoms with Gasteiger partial charge in [0.1, 0.15) is 11.4 Å². The molecule has 3 N–H and O–H groups in total. The van der Waals surface area contributed by atoms with Crippen molar-refractivity contribution in [2.24, 2.45) is 0 Å². The van der Waals surface area contributed by atoms with E-state index in [9.17, 15) is 9.90 Å². The minimum atomic E-state index is -1.08. The van der Waals surface area contributed by atoms with Crippen LogP contribution in [0.3, 0.4) is 0 Å². The van der Waals surface area contributed by atoms with Gasteiger partial charge in [-0.3, -0.25) is 0 Å². The Kier molecular flexibility index (Phi) is 4.86. The van der Waals surface area contributed by atoms with Gasteiger partial charge in [-0.05, 0) is 42.2 Å². The zero-order valence-corrected chi connectivity index (χ0v) is 14.8. The number of urea groups is 1. The molecule has 0 spiro atoms. The van der Waals surface area contributed by atoms with E-state index in [1.807, 2.05) is 28.4 Å². The van der Waals surface area contributed by atoms with Gasteiger partial charge in [0, 0.05) is 13.0 Å². The lowest BCUT2D eigenvalue weighted by atomic mass is 9.99. The molecule has 2 amide bonds. The number of rotatable bonds is 5. The van der Waals surface area contributed by atoms with E-state index in [1.165, 1.54) is 11.3 Å². The van der Waals surface area contributed by atoms with Gasteiger partial charge in [-0.2, -0.15) is 16.4 Å². The highest BCUT2D eigenvalue weighted by atomic mass is 32.1. The molecule has 0 aliphatic carbocycles. The molecule has 0 saturated heterocycles. The third kappa shape index (κ3) is 3.59. The highest BCUT2D eigenvalue weighted by Gasteiger charge is 2.27. The van der Waals surface area contributed by atoms with E-state index in [0.717, 1.165) is 43.0 Å². The van der Waals surface area contributed by atoms with Crippen LogP contribution in [0.4, 0.5) is 4.79 Å². The highest BCUT2D eigenvalue weighted by Crippen LogP contribution is 2.24. The number of aromatic nitrogens is 3. The molecule has 3 heterocycles. The third-order valence-electron chi connectivity index (χ3n) is 4.28. The Balaban J connectivity index is 1.59. The maximum absolute atomic E-state index is 12.2. The van der Waals surface area contributed by atoms with E-state index >= 15 is 0 Å². The Labute approximate surface area is 145 Å². The van der Waals surface area contributed by atoms with Crippen molar-refractivity contribution in [2.75, 3.05) is 6.54 Å². The third-order valence-corrected chi connectivity index (χ3v) is 4.96. The van der Waals surface area contributed by atoms with Gasteiger partial charge in [-0.15, -0.1) is 0 Å². The summed E-state index contributed by atoms with van der Waals surface area (Å²) in [5.41, 5.74) is -0.281. The van der Waals surface area contributed by atoms with Crippen LogP contribution in [0.2, 0.25) is 0 Å². The summed E-state index contributed by atoms with van der Waals surface area (Å²) in [5.74, 6) is 1.62. The second kappa shape index (κ2) is 6.90. The number of nitrogens with zero attached hydrogens (tertiary/aromatic N) is 3. The van der Waals surface area contributed by atoms with Crippen molar-refractivity contribution in [3.63, 3.8) is 0 Å². The van der Waals surface area contributed by atoms with Crippen molar-refractivity contribution in [3.8, 4) is 0 Å². The summed E-state index contributed by atoms with van der Waals surface area (Å²) in [7, 11) is 0. The molecule has 2 unspecified atom stereocenters. The van der Waals surface area contributed by atoms with Gasteiger partial charge >= 0.3 is 6.03 Å². The number of aryl methyl sites for hydroxylation is 2. The lowest BCUT2D eigenvalue weighted by Gasteiger charge is -2.26. The maximum atomic E-state index is 12.2. The van der Waals surface area contributed by atoms with Gasteiger partial charge in [0.25, 0.3) is 0 Å². The number of amides is 2. The van der Waals surface area contributed by atoms with Gasteiger partial charge in [-0.25, -0.2) is 14.5 Å². The lowest BCUT2D eigenvalue weighted by molar-refractivity contribution is 0.0596. The molecule has 130 valence electrons. The maximum Gasteiger partial charge on any atom is 0.315 e. The highest BCUT2D eigenvalue weighted by molar-refractivity contribution is 7.08. The summed E-state index contributed by atoms with van der Waals surface area (Å²) in [4.78, 5) is 16.7. The number of nitrogens with one attached hydrogen (secondary N) is 2. The molecule has 1 aliphatic rings. The Bertz CT molecular complexity index is 695. The van der Waals surface area contributed by atoms with Crippen molar-refractivity contribution >= 4 is 17.4 Å². The molecule has 0 bridgehead atoms. The summed E-state index contributed by atoms with van der Waals surface area (Å²) in [5, 5.41) is 24.4. The van der Waals surface area contributed by atoms with Crippen molar-refractivity contribution in [2.45, 2.75) is 51.3 Å². The van der Waals surface area contributed by atoms with Gasteiger partial charge in [-0.1, -0.05) is 6.92 Å². The standard InChI is InChI=1S/C16H23N5O2S/c1-3-13-19-14-12(5-4-7-21(14)20-13)18-15(22)17-10-16(2,23)11-6-8-24-9-11/h6,8-9,12,23H,3-5,7,10H2,1-2H3,(H2,17,18,22). The van der Waals surface area contributed by atoms with E-state index in [0.29, 0.717) is 0 Å². The van der Waals surface area contributed by atoms with Crippen LogP contribution in [0, 0.1) is 0 Å². The SMILES string of the molecule is CCc1nc2n(n1)CCCC2NC(=O)NCC(C)(O)c1ccsc1. The second-order valence-corrected chi connectivity index (χ2v) is 7.05. The summed E-state index contributed by atoms with van der Waals surface area (Å²) in [6.07, 6.45) is 2.58. The molecule has 2 atom stereocenters. The molecule has 2 aromatic rings. The van der Waals surface area contributed by atoms with Crippen LogP contribution in [0.1, 0.15) is 49.9 Å². The average molecular weight is 349 g/mol. The predicted octanol–water partition coefficient (Wildman–Crippen LogP) is 1.94. The summed E-state index contributed by atoms with van der Waals surface area (Å²) < 4.78 is 1.88. The van der Waals surface area contributed by atoms with Crippen molar-refractivity contribution in [1.29, 1.82) is 0 Å². The van der Waals surface area contributed by atoms with E-state index < -0.39 is 5.60 Å². The molecular weight excluding hydrogens is 326 g/mol. The van der Waals surface area contributed by atoms with Gasteiger partial charge in [0.05, 0.1) is 12.6 Å². The van der Waals surface area contributed by atoms with Crippen molar-refractivity contribution in [3.05, 3.63) is 34.0 Å². The summed E-state index contributed by atoms with van der Waals surface area (Å²) >= 11 is 1.52. The number of hydrogen-bond donors (Lipinski definition) is 3. The molecule has 24 heavy (non-hydrogen) atoms. The normalized spacial score (nSPS) is 19.4. The number of thiophene rings is 1. The van der Waals surface area contributed by atoms with Crippen LogP contribution in [-0.4, -0.2) is 32.4 Å². The first-order chi connectivity index (χ1) is 11.5. The van der Waals surface area contributed by atoms with E-state index in [-0.39, 0.29) is 18.6 Å². The minimum Gasteiger partial charge on any atom is -0.384 e. The summed E-state index contributed by atoms with van der Waals surface area (Å²) in [6, 6.07) is 1.42. The van der Waals surface area contributed by atoms with Crippen molar-refractivity contribution in [1.82, 2.24) is 25.4 Å². The zero-order chi connectivity index (χ0) is 17.2. The quantitative estimate of drug-likeness (QED) is 0.769. The van der Waals surface area contributed by atoms with Gasteiger partial charge in [0.2, 0.25) is 0 Å². The number of carbonyl (C=O) groups is 1. The van der Waals surface area contributed by atoms with Crippen LogP contribution in [0.25, 0.3) is 0 Å². The number of hydrogen-bond acceptors (Lipinski definition) is 5. The van der Waals surface area contributed by atoms with E-state index in [1.54, 1.807) is 6.92 Å². The van der Waals surface area contributed by atoms with Crippen LogP contribution < -0.4 is 10.6 Å². The molecule has 0 aromatic carbocycles. The monoisotopic (exact) mass is 349 g/mol. The fourth-order valence-corrected chi connectivity index (χ4v) is 3.60. The second-order valence-electron chi connectivity index (χ2n) is 6.27. The molecule has 1 aliphatic heterocycles. The predicted molar refractivity (Wildman–Crippen MR) is 91.8 cm³/mol. The zero-order valence-electron chi connectivity index (χ0n) is 14.0. The molecule has 0 fully saturated rings. The topological polar surface area (TPSA) is 92.1 Å². The van der Waals surface area contributed by atoms with E-state index in [4.69, 9.17) is 0 Å². The Morgan fingerprint density at radius 2 is 2.42 bits per heavy atom. The van der Waals surface area contributed by atoms with Crippen LogP contribution in [0.15, 0.2) is 16.8 Å². The van der Waals surface area contributed by atoms with Crippen LogP contribution in [0.5, 0.6) is 0 Å². The molecule has 0 saturated carbocycles. The van der Waals surface area contributed by atoms with Crippen LogP contribution >= 0.6 is 11.3 Å². The first-order valence-electron chi connectivity index (χ1n) is 8.22. The number of aliphatic hydroxyl groups is 1. The molecule has 8 heteroatoms. The van der Waals surface area contributed by atoms with Gasteiger partial charge < -0.3 is 15.7 Å². The Morgan fingerprint density at radius 1 is 1.58 bits per heavy atom. The molecule has 7 nitrogen and oxygen atoms in total. The first-order valence-corrected chi connectivity index (χ1v) is 9.17. The number of fused-ring (bicyclic) bond motifs is 1. The summed E-state index contributed by atoms with van der Waals surface area (Å²) in [6.45, 7) is 4.70. The van der Waals surface area contributed by atoms with Gasteiger partial charge in [0.15, 0.2) is 5.82 Å². The van der Waals surface area contributed by atoms with Crippen LogP contribution in [-0.2, 0) is 18.6 Å². The van der Waals surface area contributed by atoms with E-state index in [2.05, 4.69) is 20.7 Å². The lowest BCUT2D eigenvalue weighted by Crippen LogP contribution is -2.45. The smallest absolute Gasteiger partial charge is 0.315 e. The fourth-order valence-electron chi connectivity index (χ4n) is 2.82.